The quantitative estimate of drug-likeness (QED) is 0.617. The van der Waals surface area contributed by atoms with Gasteiger partial charge in [0.15, 0.2) is 0 Å². The van der Waals surface area contributed by atoms with Crippen LogP contribution in [-0.4, -0.2) is 27.6 Å². The molecule has 24 heavy (non-hydrogen) atoms. The van der Waals surface area contributed by atoms with Gasteiger partial charge in [-0.2, -0.15) is 0 Å². The molecule has 0 bridgehead atoms. The summed E-state index contributed by atoms with van der Waals surface area (Å²) in [5, 5.41) is 12.2. The maximum absolute atomic E-state index is 10.5. The van der Waals surface area contributed by atoms with E-state index in [0.29, 0.717) is 0 Å². The summed E-state index contributed by atoms with van der Waals surface area (Å²) < 4.78 is 0. The van der Waals surface area contributed by atoms with Gasteiger partial charge in [0.2, 0.25) is 0 Å². The summed E-state index contributed by atoms with van der Waals surface area (Å²) in [5.74, 6) is -0.703. The maximum Gasteiger partial charge on any atom is 0.303 e. The van der Waals surface area contributed by atoms with E-state index in [4.69, 9.17) is 5.11 Å². The molecule has 0 fully saturated rings. The first-order valence-electron chi connectivity index (χ1n) is 8.54. The van der Waals surface area contributed by atoms with Gasteiger partial charge >= 0.3 is 5.97 Å². The highest BCUT2D eigenvalue weighted by atomic mass is 16.4. The molecule has 2 aromatic rings. The molecule has 0 aliphatic carbocycles. The van der Waals surface area contributed by atoms with Gasteiger partial charge in [0.05, 0.1) is 17.4 Å². The van der Waals surface area contributed by atoms with E-state index in [0.717, 1.165) is 50.0 Å². The van der Waals surface area contributed by atoms with Crippen LogP contribution in [0.25, 0.3) is 0 Å². The van der Waals surface area contributed by atoms with E-state index < -0.39 is 5.97 Å². The third-order valence-corrected chi connectivity index (χ3v) is 3.88. The minimum atomic E-state index is -0.703. The van der Waals surface area contributed by atoms with Gasteiger partial charge < -0.3 is 10.4 Å². The van der Waals surface area contributed by atoms with Gasteiger partial charge in [0, 0.05) is 18.8 Å². The second kappa shape index (κ2) is 10.5. The highest BCUT2D eigenvalue weighted by Gasteiger charge is 2.15. The normalized spacial score (nSPS) is 10.9. The molecule has 0 aromatic carbocycles. The lowest BCUT2D eigenvalue weighted by molar-refractivity contribution is -0.137. The van der Waals surface area contributed by atoms with E-state index in [1.165, 1.54) is 0 Å². The van der Waals surface area contributed by atoms with Crippen molar-refractivity contribution < 1.29 is 9.90 Å². The Morgan fingerprint density at radius 3 is 2.04 bits per heavy atom. The lowest BCUT2D eigenvalue weighted by atomic mass is 10.1. The molecule has 2 rings (SSSR count). The van der Waals surface area contributed by atoms with Crippen LogP contribution in [0.3, 0.4) is 0 Å². The second-order valence-electron chi connectivity index (χ2n) is 5.81. The van der Waals surface area contributed by atoms with Gasteiger partial charge in [-0.3, -0.25) is 14.8 Å². The third-order valence-electron chi connectivity index (χ3n) is 3.88. The lowest BCUT2D eigenvalue weighted by Gasteiger charge is -2.17. The summed E-state index contributed by atoms with van der Waals surface area (Å²) in [7, 11) is 0. The number of nitrogens with zero attached hydrogens (tertiary/aromatic N) is 2. The molecule has 128 valence electrons. The van der Waals surface area contributed by atoms with E-state index in [1.54, 1.807) is 12.4 Å². The minimum absolute atomic E-state index is 0.000546. The molecule has 2 N–H and O–H groups in total. The monoisotopic (exact) mass is 327 g/mol. The number of aromatic nitrogens is 2. The van der Waals surface area contributed by atoms with Crippen molar-refractivity contribution in [3.63, 3.8) is 0 Å². The number of nitrogens with one attached hydrogen (secondary N) is 1. The van der Waals surface area contributed by atoms with Gasteiger partial charge in [0.1, 0.15) is 0 Å². The van der Waals surface area contributed by atoms with Crippen molar-refractivity contribution in [1.29, 1.82) is 0 Å². The Labute approximate surface area is 143 Å². The topological polar surface area (TPSA) is 75.1 Å². The highest BCUT2D eigenvalue weighted by Crippen LogP contribution is 2.18. The summed E-state index contributed by atoms with van der Waals surface area (Å²) in [6.07, 6.45) is 8.87. The summed E-state index contributed by atoms with van der Waals surface area (Å²) in [6.45, 7) is 0.886. The van der Waals surface area contributed by atoms with Gasteiger partial charge in [-0.25, -0.2) is 0 Å². The second-order valence-corrected chi connectivity index (χ2v) is 5.81. The molecule has 5 heteroatoms. The number of hydrogen-bond acceptors (Lipinski definition) is 4. The third kappa shape index (κ3) is 6.46. The van der Waals surface area contributed by atoms with E-state index in [-0.39, 0.29) is 12.5 Å². The number of carbonyl (C=O) groups is 1. The zero-order valence-electron chi connectivity index (χ0n) is 13.9. The number of hydrogen-bond donors (Lipinski definition) is 2. The van der Waals surface area contributed by atoms with Crippen LogP contribution < -0.4 is 5.32 Å². The summed E-state index contributed by atoms with van der Waals surface area (Å²) in [4.78, 5) is 19.4. The van der Waals surface area contributed by atoms with Crippen LogP contribution in [0.1, 0.15) is 56.0 Å². The van der Waals surface area contributed by atoms with Crippen molar-refractivity contribution in [3.05, 3.63) is 60.2 Å². The Bertz CT molecular complexity index is 551. The van der Waals surface area contributed by atoms with E-state index >= 15 is 0 Å². The molecule has 0 aliphatic heterocycles. The number of rotatable bonds is 11. The summed E-state index contributed by atoms with van der Waals surface area (Å²) >= 11 is 0. The Kier molecular flexibility index (Phi) is 7.90. The number of carboxylic acids is 1. The highest BCUT2D eigenvalue weighted by molar-refractivity contribution is 5.66. The largest absolute Gasteiger partial charge is 0.481 e. The SMILES string of the molecule is O=C(O)CCCCCCCNC(c1ccccn1)c1ccccn1. The van der Waals surface area contributed by atoms with Crippen molar-refractivity contribution in [2.45, 2.75) is 44.6 Å². The van der Waals surface area contributed by atoms with Gasteiger partial charge in [0.25, 0.3) is 0 Å². The summed E-state index contributed by atoms with van der Waals surface area (Å²) in [6, 6.07) is 11.8. The van der Waals surface area contributed by atoms with Crippen molar-refractivity contribution in [1.82, 2.24) is 15.3 Å². The fraction of sp³-hybridized carbons (Fsp3) is 0.421. The van der Waals surface area contributed by atoms with Gasteiger partial charge in [-0.05, 0) is 43.7 Å². The smallest absolute Gasteiger partial charge is 0.303 e. The fourth-order valence-electron chi connectivity index (χ4n) is 2.63. The lowest BCUT2D eigenvalue weighted by Crippen LogP contribution is -2.25. The minimum Gasteiger partial charge on any atom is -0.481 e. The van der Waals surface area contributed by atoms with E-state index in [1.807, 2.05) is 36.4 Å². The Hall–Kier alpha value is -2.27. The molecule has 0 amide bonds. The predicted octanol–water partition coefficient (Wildman–Crippen LogP) is 3.58. The van der Waals surface area contributed by atoms with E-state index in [2.05, 4.69) is 15.3 Å². The Balaban J connectivity index is 1.77. The average molecular weight is 327 g/mol. The zero-order valence-corrected chi connectivity index (χ0v) is 13.9. The van der Waals surface area contributed by atoms with Crippen LogP contribution >= 0.6 is 0 Å². The van der Waals surface area contributed by atoms with Gasteiger partial charge in [-0.1, -0.05) is 31.4 Å². The standard InChI is InChI=1S/C19H25N3O2/c23-18(24)12-4-2-1-3-7-15-22-19(16-10-5-8-13-20-16)17-11-6-9-14-21-17/h5-6,8-11,13-14,19,22H,1-4,7,12,15H2,(H,23,24). The van der Waals surface area contributed by atoms with Crippen LogP contribution in [0.5, 0.6) is 0 Å². The molecule has 0 saturated heterocycles. The number of pyridine rings is 2. The van der Waals surface area contributed by atoms with Crippen molar-refractivity contribution >= 4 is 5.97 Å². The van der Waals surface area contributed by atoms with Crippen molar-refractivity contribution in [2.75, 3.05) is 6.54 Å². The maximum atomic E-state index is 10.5. The van der Waals surface area contributed by atoms with Crippen LogP contribution in [0.2, 0.25) is 0 Å². The molecular weight excluding hydrogens is 302 g/mol. The molecular formula is C19H25N3O2. The Morgan fingerprint density at radius 1 is 0.917 bits per heavy atom. The number of unbranched alkanes of at least 4 members (excludes halogenated alkanes) is 4. The van der Waals surface area contributed by atoms with Crippen LogP contribution in [-0.2, 0) is 4.79 Å². The molecule has 0 radical (unpaired) electrons. The number of carboxylic acid groups (broad SMARTS) is 1. The van der Waals surface area contributed by atoms with E-state index in [9.17, 15) is 4.79 Å². The molecule has 2 heterocycles. The van der Waals surface area contributed by atoms with Crippen molar-refractivity contribution in [2.24, 2.45) is 0 Å². The molecule has 5 nitrogen and oxygen atoms in total. The number of aliphatic carboxylic acids is 1. The first-order valence-corrected chi connectivity index (χ1v) is 8.54. The van der Waals surface area contributed by atoms with Crippen LogP contribution in [0.4, 0.5) is 0 Å². The first kappa shape index (κ1) is 18.1. The fourth-order valence-corrected chi connectivity index (χ4v) is 2.63. The predicted molar refractivity (Wildman–Crippen MR) is 93.7 cm³/mol. The molecule has 0 atom stereocenters. The van der Waals surface area contributed by atoms with Gasteiger partial charge in [-0.15, -0.1) is 0 Å². The first-order chi connectivity index (χ1) is 11.8. The molecule has 2 aromatic heterocycles. The summed E-state index contributed by atoms with van der Waals surface area (Å²) in [5.41, 5.74) is 1.94. The molecule has 0 saturated carbocycles. The zero-order chi connectivity index (χ0) is 17.0. The van der Waals surface area contributed by atoms with Crippen LogP contribution in [0.15, 0.2) is 48.8 Å². The molecule has 0 spiro atoms. The van der Waals surface area contributed by atoms with Crippen LogP contribution in [0, 0.1) is 0 Å². The van der Waals surface area contributed by atoms with Crippen molar-refractivity contribution in [3.8, 4) is 0 Å². The molecule has 0 unspecified atom stereocenters. The average Bonchev–Trinajstić information content (AvgIpc) is 2.62. The Morgan fingerprint density at radius 2 is 1.50 bits per heavy atom. The molecule has 0 aliphatic rings.